The molecule has 0 saturated heterocycles. The SMILES string of the molecule is C=C(OCC)PC(CC)(CC)CC. The summed E-state index contributed by atoms with van der Waals surface area (Å²) in [5.74, 6) is 0. The fraction of sp³-hybridized carbons (Fsp3) is 0.818. The Bertz CT molecular complexity index is 142. The smallest absolute Gasteiger partial charge is 0.108 e. The highest BCUT2D eigenvalue weighted by Crippen LogP contribution is 2.45. The maximum absolute atomic E-state index is 5.42. The van der Waals surface area contributed by atoms with Gasteiger partial charge in [0.2, 0.25) is 0 Å². The maximum atomic E-state index is 5.42. The van der Waals surface area contributed by atoms with Gasteiger partial charge in [-0.3, -0.25) is 0 Å². The third-order valence-corrected chi connectivity index (χ3v) is 4.77. The molecule has 0 saturated carbocycles. The average molecular weight is 202 g/mol. The normalized spacial score (nSPS) is 12.3. The molecule has 0 aliphatic carbocycles. The van der Waals surface area contributed by atoms with Crippen LogP contribution in [0.15, 0.2) is 12.1 Å². The lowest BCUT2D eigenvalue weighted by Gasteiger charge is -2.30. The Labute approximate surface area is 84.7 Å². The van der Waals surface area contributed by atoms with Crippen molar-refractivity contribution in [3.8, 4) is 0 Å². The number of hydrogen-bond acceptors (Lipinski definition) is 1. The molecule has 0 N–H and O–H groups in total. The van der Waals surface area contributed by atoms with Gasteiger partial charge in [-0.1, -0.05) is 27.4 Å². The lowest BCUT2D eigenvalue weighted by atomic mass is 9.99. The Morgan fingerprint density at radius 1 is 1.15 bits per heavy atom. The molecule has 0 aromatic heterocycles. The summed E-state index contributed by atoms with van der Waals surface area (Å²) in [5.41, 5.74) is 0.980. The monoisotopic (exact) mass is 202 g/mol. The van der Waals surface area contributed by atoms with E-state index in [0.717, 1.165) is 20.7 Å². The topological polar surface area (TPSA) is 9.23 Å². The van der Waals surface area contributed by atoms with Crippen molar-refractivity contribution in [1.29, 1.82) is 0 Å². The minimum Gasteiger partial charge on any atom is -0.495 e. The van der Waals surface area contributed by atoms with Gasteiger partial charge in [0.25, 0.3) is 0 Å². The van der Waals surface area contributed by atoms with Crippen molar-refractivity contribution in [2.75, 3.05) is 6.61 Å². The Morgan fingerprint density at radius 3 is 1.92 bits per heavy atom. The highest BCUT2D eigenvalue weighted by atomic mass is 31.1. The Balaban J connectivity index is 4.16. The molecule has 0 heterocycles. The lowest BCUT2D eigenvalue weighted by Crippen LogP contribution is -2.19. The van der Waals surface area contributed by atoms with E-state index in [9.17, 15) is 0 Å². The maximum Gasteiger partial charge on any atom is 0.108 e. The standard InChI is InChI=1S/C11H23OP/c1-6-11(7-2,8-3)13-10(5)12-9-4/h13H,5-9H2,1-4H3. The van der Waals surface area contributed by atoms with Crippen LogP contribution in [0.2, 0.25) is 0 Å². The van der Waals surface area contributed by atoms with Crippen molar-refractivity contribution in [2.45, 2.75) is 52.1 Å². The van der Waals surface area contributed by atoms with E-state index < -0.39 is 0 Å². The molecule has 0 aliphatic rings. The first kappa shape index (κ1) is 13.0. The fourth-order valence-electron chi connectivity index (χ4n) is 1.52. The predicted octanol–water partition coefficient (Wildman–Crippen LogP) is 4.14. The molecule has 0 fully saturated rings. The van der Waals surface area contributed by atoms with Crippen LogP contribution < -0.4 is 0 Å². The molecule has 0 radical (unpaired) electrons. The third-order valence-electron chi connectivity index (χ3n) is 2.75. The van der Waals surface area contributed by atoms with Gasteiger partial charge in [-0.15, -0.1) is 0 Å². The van der Waals surface area contributed by atoms with E-state index in [1.165, 1.54) is 19.3 Å². The van der Waals surface area contributed by atoms with Crippen LogP contribution in [0.1, 0.15) is 47.0 Å². The number of hydrogen-bond donors (Lipinski definition) is 0. The van der Waals surface area contributed by atoms with E-state index >= 15 is 0 Å². The molecule has 1 unspecified atom stereocenters. The van der Waals surface area contributed by atoms with Crippen molar-refractivity contribution in [1.82, 2.24) is 0 Å². The molecule has 0 rings (SSSR count). The summed E-state index contributed by atoms with van der Waals surface area (Å²) in [4.78, 5) is 0. The van der Waals surface area contributed by atoms with Crippen LogP contribution >= 0.6 is 8.58 Å². The largest absolute Gasteiger partial charge is 0.495 e. The summed E-state index contributed by atoms with van der Waals surface area (Å²) < 4.78 is 5.42. The van der Waals surface area contributed by atoms with Gasteiger partial charge < -0.3 is 4.74 Å². The summed E-state index contributed by atoms with van der Waals surface area (Å²) in [6.45, 7) is 13.5. The molecule has 2 heteroatoms. The summed E-state index contributed by atoms with van der Waals surface area (Å²) in [5, 5.41) is 0.451. The van der Waals surface area contributed by atoms with E-state index in [0.29, 0.717) is 5.16 Å². The lowest BCUT2D eigenvalue weighted by molar-refractivity contribution is 0.256. The van der Waals surface area contributed by atoms with Crippen LogP contribution in [-0.2, 0) is 4.74 Å². The first-order valence-electron chi connectivity index (χ1n) is 5.24. The quantitative estimate of drug-likeness (QED) is 0.445. The second kappa shape index (κ2) is 6.43. The zero-order chi connectivity index (χ0) is 10.3. The molecule has 0 spiro atoms. The van der Waals surface area contributed by atoms with Crippen molar-refractivity contribution in [2.24, 2.45) is 0 Å². The fourth-order valence-corrected chi connectivity index (χ4v) is 2.86. The predicted molar refractivity (Wildman–Crippen MR) is 62.7 cm³/mol. The zero-order valence-electron chi connectivity index (χ0n) is 9.44. The third kappa shape index (κ3) is 4.13. The van der Waals surface area contributed by atoms with Crippen LogP contribution in [0.25, 0.3) is 0 Å². The second-order valence-corrected chi connectivity index (χ2v) is 5.19. The van der Waals surface area contributed by atoms with Gasteiger partial charge >= 0.3 is 0 Å². The van der Waals surface area contributed by atoms with Gasteiger partial charge in [0, 0.05) is 0 Å². The molecule has 13 heavy (non-hydrogen) atoms. The first-order chi connectivity index (χ1) is 6.14. The van der Waals surface area contributed by atoms with E-state index in [-0.39, 0.29) is 0 Å². The molecule has 0 aromatic carbocycles. The van der Waals surface area contributed by atoms with E-state index in [4.69, 9.17) is 4.74 Å². The molecular formula is C11H23OP. The molecular weight excluding hydrogens is 179 g/mol. The molecule has 78 valence electrons. The van der Waals surface area contributed by atoms with Gasteiger partial charge in [0.05, 0.1) is 6.61 Å². The van der Waals surface area contributed by atoms with Gasteiger partial charge in [-0.05, 0) is 39.9 Å². The highest BCUT2D eigenvalue weighted by Gasteiger charge is 2.25. The van der Waals surface area contributed by atoms with E-state index in [1.54, 1.807) is 0 Å². The van der Waals surface area contributed by atoms with Crippen LogP contribution in [-0.4, -0.2) is 11.8 Å². The Kier molecular flexibility index (Phi) is 6.41. The second-order valence-electron chi connectivity index (χ2n) is 3.32. The molecule has 1 nitrogen and oxygen atoms in total. The minimum atomic E-state index is 0.451. The van der Waals surface area contributed by atoms with E-state index in [2.05, 4.69) is 27.4 Å². The van der Waals surface area contributed by atoms with Gasteiger partial charge in [-0.25, -0.2) is 0 Å². The summed E-state index contributed by atoms with van der Waals surface area (Å²) >= 11 is 0. The molecule has 1 atom stereocenters. The zero-order valence-corrected chi connectivity index (χ0v) is 10.4. The first-order valence-corrected chi connectivity index (χ1v) is 6.24. The van der Waals surface area contributed by atoms with Crippen LogP contribution in [0.4, 0.5) is 0 Å². The summed E-state index contributed by atoms with van der Waals surface area (Å²) in [6.07, 6.45) is 3.68. The van der Waals surface area contributed by atoms with Crippen molar-refractivity contribution in [3.63, 3.8) is 0 Å². The molecule has 0 aromatic rings. The number of ether oxygens (including phenoxy) is 1. The van der Waals surface area contributed by atoms with Crippen LogP contribution in [0.3, 0.4) is 0 Å². The van der Waals surface area contributed by atoms with Crippen molar-refractivity contribution in [3.05, 3.63) is 12.1 Å². The average Bonchev–Trinajstić information content (AvgIpc) is 2.15. The van der Waals surface area contributed by atoms with Gasteiger partial charge in [0.15, 0.2) is 0 Å². The number of rotatable bonds is 7. The Hall–Kier alpha value is -0.0300. The van der Waals surface area contributed by atoms with Crippen molar-refractivity contribution >= 4 is 8.58 Å². The minimum absolute atomic E-state index is 0.451. The van der Waals surface area contributed by atoms with Gasteiger partial charge in [0.1, 0.15) is 5.50 Å². The summed E-state index contributed by atoms with van der Waals surface area (Å²) in [7, 11) is 0.758. The molecule has 0 bridgehead atoms. The molecule has 0 amide bonds. The van der Waals surface area contributed by atoms with Crippen LogP contribution in [0, 0.1) is 0 Å². The van der Waals surface area contributed by atoms with E-state index in [1.807, 2.05) is 6.92 Å². The summed E-state index contributed by atoms with van der Waals surface area (Å²) in [6, 6.07) is 0. The van der Waals surface area contributed by atoms with Gasteiger partial charge in [-0.2, -0.15) is 0 Å². The molecule has 0 aliphatic heterocycles. The van der Waals surface area contributed by atoms with Crippen LogP contribution in [0.5, 0.6) is 0 Å². The van der Waals surface area contributed by atoms with Crippen molar-refractivity contribution < 1.29 is 4.74 Å². The highest BCUT2D eigenvalue weighted by molar-refractivity contribution is 7.44. The Morgan fingerprint density at radius 2 is 1.62 bits per heavy atom.